The van der Waals surface area contributed by atoms with Crippen LogP contribution in [-0.4, -0.2) is 16.3 Å². The van der Waals surface area contributed by atoms with E-state index < -0.39 is 0 Å². The van der Waals surface area contributed by atoms with Crippen LogP contribution in [0.5, 0.6) is 0 Å². The molecular formula is C2H7NOSi. The van der Waals surface area contributed by atoms with E-state index in [1.54, 1.807) is 0 Å². The van der Waals surface area contributed by atoms with Gasteiger partial charge in [-0.05, 0) is 6.58 Å². The van der Waals surface area contributed by atoms with Gasteiger partial charge >= 0.3 is 0 Å². The van der Waals surface area contributed by atoms with Gasteiger partial charge in [0, 0.05) is 0 Å². The fraction of sp³-hybridized carbons (Fsp3) is 0. The monoisotopic (exact) mass is 89.0 g/mol. The Balaban J connectivity index is 0. The lowest BCUT2D eigenvalue weighted by molar-refractivity contribution is 0.569. The van der Waals surface area contributed by atoms with Gasteiger partial charge < -0.3 is 5.40 Å². The van der Waals surface area contributed by atoms with Gasteiger partial charge in [0.1, 0.15) is 5.94 Å². The molecule has 0 amide bonds. The van der Waals surface area contributed by atoms with Crippen LogP contribution in [0.15, 0.2) is 6.58 Å². The third kappa shape index (κ3) is 69.0. The van der Waals surface area contributed by atoms with Gasteiger partial charge in [0.15, 0.2) is 0 Å². The highest BCUT2D eigenvalue weighted by atomic mass is 28.2. The second-order valence-corrected chi connectivity index (χ2v) is 0.144. The van der Waals surface area contributed by atoms with Crippen molar-refractivity contribution in [3.63, 3.8) is 0 Å². The Morgan fingerprint density at radius 1 is 1.80 bits per heavy atom. The van der Waals surface area contributed by atoms with Crippen molar-refractivity contribution in [1.29, 1.82) is 0 Å². The van der Waals surface area contributed by atoms with E-state index in [2.05, 4.69) is 12.0 Å². The Kier molecular flexibility index (Phi) is 112. The SMILES string of the molecule is C=C=O.N[SiH3]. The molecule has 0 aromatic rings. The van der Waals surface area contributed by atoms with Crippen molar-refractivity contribution in [3.8, 4) is 0 Å². The minimum Gasteiger partial charge on any atom is -0.358 e. The number of nitrogens with two attached hydrogens (primary N) is 1. The third-order valence-electron chi connectivity index (χ3n) is 0. The van der Waals surface area contributed by atoms with Crippen molar-refractivity contribution in [2.24, 2.45) is 5.40 Å². The molecule has 0 spiro atoms. The van der Waals surface area contributed by atoms with Crippen molar-refractivity contribution < 1.29 is 4.79 Å². The second-order valence-electron chi connectivity index (χ2n) is 0.144. The summed E-state index contributed by atoms with van der Waals surface area (Å²) < 4.78 is 0. The molecule has 0 aromatic heterocycles. The van der Waals surface area contributed by atoms with E-state index in [1.807, 2.05) is 0 Å². The molecule has 0 aromatic carbocycles. The van der Waals surface area contributed by atoms with E-state index in [4.69, 9.17) is 4.79 Å². The average Bonchev–Trinajstić information content (AvgIpc) is 1.46. The molecule has 0 aliphatic carbocycles. The van der Waals surface area contributed by atoms with Crippen molar-refractivity contribution >= 4 is 16.3 Å². The summed E-state index contributed by atoms with van der Waals surface area (Å²) in [5.41, 5.74) is 0. The molecule has 5 heavy (non-hydrogen) atoms. The summed E-state index contributed by atoms with van der Waals surface area (Å²) in [6, 6.07) is 0. The Labute approximate surface area is 34.2 Å². The molecule has 2 nitrogen and oxygen atoms in total. The lowest BCUT2D eigenvalue weighted by Gasteiger charge is -1.17. The molecule has 0 rings (SSSR count). The van der Waals surface area contributed by atoms with E-state index in [9.17, 15) is 0 Å². The van der Waals surface area contributed by atoms with Crippen LogP contribution in [0.2, 0.25) is 0 Å². The van der Waals surface area contributed by atoms with Crippen LogP contribution in [0.4, 0.5) is 0 Å². The molecule has 30 valence electrons. The topological polar surface area (TPSA) is 43.1 Å². The predicted octanol–water partition coefficient (Wildman–Crippen LogP) is -1.77. The molecule has 0 fully saturated rings. The van der Waals surface area contributed by atoms with Crippen LogP contribution in [0, 0.1) is 0 Å². The molecule has 3 heteroatoms. The zero-order valence-corrected chi connectivity index (χ0v) is 5.19. The second kappa shape index (κ2) is 63.7. The highest BCUT2D eigenvalue weighted by Crippen LogP contribution is 0.894. The highest BCUT2D eigenvalue weighted by molar-refractivity contribution is 6.02. The van der Waals surface area contributed by atoms with Crippen LogP contribution in [0.1, 0.15) is 0 Å². The molecule has 0 radical (unpaired) electrons. The maximum atomic E-state index is 8.57. The molecular weight excluding hydrogens is 82.1 g/mol. The zero-order valence-electron chi connectivity index (χ0n) is 3.19. The summed E-state index contributed by atoms with van der Waals surface area (Å²) >= 11 is 0. The van der Waals surface area contributed by atoms with Crippen molar-refractivity contribution in [2.45, 2.75) is 0 Å². The fourth-order valence-electron chi connectivity index (χ4n) is 0. The quantitative estimate of drug-likeness (QED) is 0.282. The third-order valence-corrected chi connectivity index (χ3v) is 0. The fourth-order valence-corrected chi connectivity index (χ4v) is 0. The molecule has 2 N–H and O–H groups in total. The van der Waals surface area contributed by atoms with E-state index in [-0.39, 0.29) is 0 Å². The summed E-state index contributed by atoms with van der Waals surface area (Å²) in [5.74, 6) is 1.25. The Morgan fingerprint density at radius 3 is 1.80 bits per heavy atom. The van der Waals surface area contributed by atoms with Crippen LogP contribution in [0.3, 0.4) is 0 Å². The van der Waals surface area contributed by atoms with Gasteiger partial charge in [-0.15, -0.1) is 0 Å². The standard InChI is InChI=1S/C2H2O.H5NSi/c1-2-3;1-2/h1H2;1H2,2H3. The minimum absolute atomic E-state index is 0.806. The van der Waals surface area contributed by atoms with Crippen molar-refractivity contribution in [1.82, 2.24) is 0 Å². The lowest BCUT2D eigenvalue weighted by Crippen LogP contribution is -1.75. The van der Waals surface area contributed by atoms with Gasteiger partial charge in [0.05, 0.1) is 10.4 Å². The summed E-state index contributed by atoms with van der Waals surface area (Å²) in [5, 5.41) is 4.64. The molecule has 0 bridgehead atoms. The Hall–Kier alpha value is -0.373. The molecule has 0 heterocycles. The van der Waals surface area contributed by atoms with Crippen LogP contribution in [0.25, 0.3) is 0 Å². The van der Waals surface area contributed by atoms with Crippen molar-refractivity contribution in [3.05, 3.63) is 6.58 Å². The van der Waals surface area contributed by atoms with Crippen LogP contribution >= 0.6 is 0 Å². The first-order valence-electron chi connectivity index (χ1n) is 1.14. The normalized spacial score (nSPS) is 3.40. The first-order chi connectivity index (χ1) is 2.41. The molecule has 0 saturated heterocycles. The average molecular weight is 89.2 g/mol. The smallest absolute Gasteiger partial charge is 0.116 e. The van der Waals surface area contributed by atoms with Gasteiger partial charge in [0.25, 0.3) is 0 Å². The summed E-state index contributed by atoms with van der Waals surface area (Å²) in [6.45, 7) is 2.68. The van der Waals surface area contributed by atoms with Gasteiger partial charge in [-0.1, -0.05) is 0 Å². The van der Waals surface area contributed by atoms with Crippen LogP contribution < -0.4 is 5.40 Å². The van der Waals surface area contributed by atoms with Crippen molar-refractivity contribution in [2.75, 3.05) is 0 Å². The first-order valence-corrected chi connectivity index (χ1v) is 2.29. The molecule has 0 atom stereocenters. The van der Waals surface area contributed by atoms with E-state index in [0.717, 1.165) is 10.4 Å². The number of rotatable bonds is 0. The minimum atomic E-state index is 0.806. The molecule has 0 aliphatic heterocycles. The predicted molar refractivity (Wildman–Crippen MR) is 25.4 cm³/mol. The van der Waals surface area contributed by atoms with Gasteiger partial charge in [-0.3, -0.25) is 0 Å². The van der Waals surface area contributed by atoms with E-state index in [1.165, 1.54) is 5.94 Å². The first kappa shape index (κ1) is 8.82. The summed E-state index contributed by atoms with van der Waals surface area (Å²) in [7, 11) is 0.806. The Morgan fingerprint density at radius 2 is 1.80 bits per heavy atom. The number of hydrogen-bond acceptors (Lipinski definition) is 2. The maximum absolute atomic E-state index is 8.57. The Bertz CT molecular complexity index is 30.6. The zero-order chi connectivity index (χ0) is 4.71. The van der Waals surface area contributed by atoms with E-state index in [0.29, 0.717) is 0 Å². The summed E-state index contributed by atoms with van der Waals surface area (Å²) in [6.07, 6.45) is 0. The van der Waals surface area contributed by atoms with Gasteiger partial charge in [-0.2, -0.15) is 0 Å². The van der Waals surface area contributed by atoms with Gasteiger partial charge in [0.2, 0.25) is 0 Å². The highest BCUT2D eigenvalue weighted by Gasteiger charge is 1.01. The molecule has 0 aliphatic rings. The lowest BCUT2D eigenvalue weighted by atomic mass is 11.2. The molecule has 0 saturated carbocycles. The number of carbonyl (C=O) groups excluding carboxylic acids is 1. The largest absolute Gasteiger partial charge is 0.358 e. The maximum Gasteiger partial charge on any atom is 0.116 e. The number of hydrogen-bond donors (Lipinski definition) is 1. The summed E-state index contributed by atoms with van der Waals surface area (Å²) in [4.78, 5) is 8.57. The van der Waals surface area contributed by atoms with Crippen LogP contribution in [-0.2, 0) is 4.79 Å². The van der Waals surface area contributed by atoms with E-state index >= 15 is 0 Å². The van der Waals surface area contributed by atoms with Gasteiger partial charge in [-0.25, -0.2) is 4.79 Å². The molecule has 0 unspecified atom stereocenters.